The fraction of sp³-hybridized carbons (Fsp3) is 0.417. The third-order valence-corrected chi connectivity index (χ3v) is 4.38. The van der Waals surface area contributed by atoms with Crippen LogP contribution in [0.2, 0.25) is 0 Å². The fourth-order valence-electron chi connectivity index (χ4n) is 2.40. The van der Waals surface area contributed by atoms with Gasteiger partial charge < -0.3 is 9.88 Å². The van der Waals surface area contributed by atoms with Crippen LogP contribution in [0.4, 0.5) is 11.6 Å². The first kappa shape index (κ1) is 12.4. The standard InChI is InChI=1S/C12H13BrN4O2/c13-6-8-3-4-16(7-8)12-14-10-2-1-9(17(18)19)5-11(10)15-12/h1-2,5,8H,3-4,6-7H2,(H,14,15). The molecule has 1 saturated heterocycles. The van der Waals surface area contributed by atoms with Gasteiger partial charge in [-0.3, -0.25) is 10.1 Å². The number of nitro benzene ring substituents is 1. The summed E-state index contributed by atoms with van der Waals surface area (Å²) in [5, 5.41) is 11.7. The van der Waals surface area contributed by atoms with Crippen molar-refractivity contribution in [3.8, 4) is 0 Å². The Balaban J connectivity index is 1.91. The minimum Gasteiger partial charge on any atom is -0.342 e. The van der Waals surface area contributed by atoms with Gasteiger partial charge in [0.1, 0.15) is 0 Å². The molecule has 1 aliphatic rings. The van der Waals surface area contributed by atoms with Crippen molar-refractivity contribution in [2.75, 3.05) is 23.3 Å². The molecule has 3 rings (SSSR count). The Hall–Kier alpha value is -1.63. The summed E-state index contributed by atoms with van der Waals surface area (Å²) in [5.41, 5.74) is 1.57. The number of hydrogen-bond donors (Lipinski definition) is 1. The normalized spacial score (nSPS) is 19.2. The van der Waals surface area contributed by atoms with Crippen molar-refractivity contribution < 1.29 is 4.92 Å². The lowest BCUT2D eigenvalue weighted by Gasteiger charge is -2.13. The Morgan fingerprint density at radius 3 is 3.11 bits per heavy atom. The first-order valence-corrected chi connectivity index (χ1v) is 7.24. The summed E-state index contributed by atoms with van der Waals surface area (Å²) in [6.45, 7) is 1.94. The van der Waals surface area contributed by atoms with Crippen molar-refractivity contribution in [2.45, 2.75) is 6.42 Å². The molecule has 0 amide bonds. The lowest BCUT2D eigenvalue weighted by atomic mass is 10.2. The Morgan fingerprint density at radius 1 is 1.58 bits per heavy atom. The van der Waals surface area contributed by atoms with Gasteiger partial charge in [0.25, 0.3) is 5.69 Å². The van der Waals surface area contributed by atoms with Gasteiger partial charge in [0.05, 0.1) is 16.0 Å². The summed E-state index contributed by atoms with van der Waals surface area (Å²) in [6, 6.07) is 4.70. The molecule has 0 saturated carbocycles. The third kappa shape index (κ3) is 2.30. The molecule has 0 spiro atoms. The van der Waals surface area contributed by atoms with Gasteiger partial charge in [0, 0.05) is 30.6 Å². The van der Waals surface area contributed by atoms with Gasteiger partial charge >= 0.3 is 0 Å². The van der Waals surface area contributed by atoms with Gasteiger partial charge in [0.2, 0.25) is 5.95 Å². The number of benzene rings is 1. The molecule has 2 heterocycles. The molecule has 0 aliphatic carbocycles. The number of aromatic nitrogens is 2. The first-order chi connectivity index (χ1) is 9.17. The maximum Gasteiger partial charge on any atom is 0.271 e. The lowest BCUT2D eigenvalue weighted by Crippen LogP contribution is -2.21. The maximum absolute atomic E-state index is 10.7. The van der Waals surface area contributed by atoms with Gasteiger partial charge in [-0.25, -0.2) is 4.98 Å². The monoisotopic (exact) mass is 324 g/mol. The zero-order valence-electron chi connectivity index (χ0n) is 10.2. The predicted molar refractivity (Wildman–Crippen MR) is 76.9 cm³/mol. The minimum atomic E-state index is -0.392. The van der Waals surface area contributed by atoms with Crippen LogP contribution in [0.15, 0.2) is 18.2 Å². The molecule has 1 aromatic carbocycles. The van der Waals surface area contributed by atoms with E-state index in [0.717, 1.165) is 36.3 Å². The van der Waals surface area contributed by atoms with Gasteiger partial charge in [-0.1, -0.05) is 15.9 Å². The molecule has 100 valence electrons. The van der Waals surface area contributed by atoms with E-state index in [4.69, 9.17) is 0 Å². The Bertz CT molecular complexity index is 627. The van der Waals surface area contributed by atoms with Gasteiger partial charge in [-0.15, -0.1) is 0 Å². The molecule has 1 N–H and O–H groups in total. The highest BCUT2D eigenvalue weighted by Gasteiger charge is 2.24. The molecule has 7 heteroatoms. The molecular formula is C12H13BrN4O2. The zero-order chi connectivity index (χ0) is 13.4. The average Bonchev–Trinajstić information content (AvgIpc) is 3.03. The molecule has 1 fully saturated rings. The van der Waals surface area contributed by atoms with E-state index in [1.54, 1.807) is 6.07 Å². The van der Waals surface area contributed by atoms with Crippen molar-refractivity contribution in [1.29, 1.82) is 0 Å². The van der Waals surface area contributed by atoms with E-state index in [1.165, 1.54) is 12.1 Å². The quantitative estimate of drug-likeness (QED) is 0.535. The van der Waals surface area contributed by atoms with Crippen molar-refractivity contribution in [1.82, 2.24) is 9.97 Å². The highest BCUT2D eigenvalue weighted by Crippen LogP contribution is 2.26. The Morgan fingerprint density at radius 2 is 2.42 bits per heavy atom. The summed E-state index contributed by atoms with van der Waals surface area (Å²) in [5.74, 6) is 1.45. The number of alkyl halides is 1. The van der Waals surface area contributed by atoms with E-state index in [-0.39, 0.29) is 5.69 Å². The molecule has 1 unspecified atom stereocenters. The van der Waals surface area contributed by atoms with Crippen molar-refractivity contribution >= 4 is 38.6 Å². The Labute approximate surface area is 118 Å². The van der Waals surface area contributed by atoms with Gasteiger partial charge in [-0.05, 0) is 18.4 Å². The number of imidazole rings is 1. The van der Waals surface area contributed by atoms with Crippen LogP contribution < -0.4 is 4.90 Å². The topological polar surface area (TPSA) is 75.1 Å². The van der Waals surface area contributed by atoms with Crippen LogP contribution in [0.5, 0.6) is 0 Å². The molecular weight excluding hydrogens is 312 g/mol. The number of aromatic amines is 1. The molecule has 1 aliphatic heterocycles. The van der Waals surface area contributed by atoms with Crippen molar-refractivity contribution in [3.63, 3.8) is 0 Å². The van der Waals surface area contributed by atoms with E-state index in [1.807, 2.05) is 0 Å². The fourth-order valence-corrected chi connectivity index (χ4v) is 2.93. The Kier molecular flexibility index (Phi) is 3.14. The number of anilines is 1. The van der Waals surface area contributed by atoms with Crippen LogP contribution in [0.25, 0.3) is 11.0 Å². The van der Waals surface area contributed by atoms with E-state index in [9.17, 15) is 10.1 Å². The number of non-ortho nitro benzene ring substituents is 1. The van der Waals surface area contributed by atoms with Crippen molar-refractivity contribution in [3.05, 3.63) is 28.3 Å². The van der Waals surface area contributed by atoms with E-state index < -0.39 is 4.92 Å². The van der Waals surface area contributed by atoms with Crippen molar-refractivity contribution in [2.24, 2.45) is 5.92 Å². The highest BCUT2D eigenvalue weighted by atomic mass is 79.9. The summed E-state index contributed by atoms with van der Waals surface area (Å²) in [4.78, 5) is 20.2. The molecule has 0 radical (unpaired) electrons. The molecule has 1 atom stereocenters. The lowest BCUT2D eigenvalue weighted by molar-refractivity contribution is -0.384. The number of nitrogens with one attached hydrogen (secondary N) is 1. The van der Waals surface area contributed by atoms with Crippen LogP contribution >= 0.6 is 15.9 Å². The van der Waals surface area contributed by atoms with Crippen LogP contribution in [-0.4, -0.2) is 33.3 Å². The molecule has 6 nitrogen and oxygen atoms in total. The molecule has 2 aromatic rings. The molecule has 0 bridgehead atoms. The molecule has 1 aromatic heterocycles. The predicted octanol–water partition coefficient (Wildman–Crippen LogP) is 2.69. The minimum absolute atomic E-state index is 0.0856. The number of nitrogens with zero attached hydrogens (tertiary/aromatic N) is 3. The van der Waals surface area contributed by atoms with Crippen LogP contribution in [0.1, 0.15) is 6.42 Å². The number of hydrogen-bond acceptors (Lipinski definition) is 4. The second-order valence-electron chi connectivity index (χ2n) is 4.77. The second kappa shape index (κ2) is 4.80. The number of H-pyrrole nitrogens is 1. The summed E-state index contributed by atoms with van der Waals surface area (Å²) >= 11 is 3.50. The van der Waals surface area contributed by atoms with Crippen LogP contribution in [0, 0.1) is 16.0 Å². The SMILES string of the molecule is O=[N+]([O-])c1ccc2nc(N3CCC(CBr)C3)[nH]c2c1. The third-order valence-electron chi connectivity index (χ3n) is 3.47. The first-order valence-electron chi connectivity index (χ1n) is 6.12. The summed E-state index contributed by atoms with van der Waals surface area (Å²) in [7, 11) is 0. The van der Waals surface area contributed by atoms with E-state index in [2.05, 4.69) is 30.8 Å². The average molecular weight is 325 g/mol. The number of nitro groups is 1. The number of fused-ring (bicyclic) bond motifs is 1. The maximum atomic E-state index is 10.7. The smallest absolute Gasteiger partial charge is 0.271 e. The largest absolute Gasteiger partial charge is 0.342 e. The summed E-state index contributed by atoms with van der Waals surface area (Å²) in [6.07, 6.45) is 1.14. The van der Waals surface area contributed by atoms with Gasteiger partial charge in [-0.2, -0.15) is 0 Å². The highest BCUT2D eigenvalue weighted by molar-refractivity contribution is 9.09. The molecule has 19 heavy (non-hydrogen) atoms. The van der Waals surface area contributed by atoms with Gasteiger partial charge in [0.15, 0.2) is 0 Å². The van der Waals surface area contributed by atoms with E-state index in [0.29, 0.717) is 11.4 Å². The van der Waals surface area contributed by atoms with Crippen LogP contribution in [0.3, 0.4) is 0 Å². The zero-order valence-corrected chi connectivity index (χ0v) is 11.8. The van der Waals surface area contributed by atoms with E-state index >= 15 is 0 Å². The van der Waals surface area contributed by atoms with Crippen LogP contribution in [-0.2, 0) is 0 Å². The second-order valence-corrected chi connectivity index (χ2v) is 5.42. The number of halogens is 1. The summed E-state index contributed by atoms with van der Waals surface area (Å²) < 4.78 is 0. The number of rotatable bonds is 3.